The van der Waals surface area contributed by atoms with Crippen molar-refractivity contribution in [3.8, 4) is 0 Å². The summed E-state index contributed by atoms with van der Waals surface area (Å²) >= 11 is 7.29. The van der Waals surface area contributed by atoms with E-state index in [9.17, 15) is 4.79 Å². The summed E-state index contributed by atoms with van der Waals surface area (Å²) in [5.74, 6) is 0. The minimum atomic E-state index is 0.324. The number of hydrogen-bond donors (Lipinski definition) is 0. The second kappa shape index (κ2) is 5.33. The summed E-state index contributed by atoms with van der Waals surface area (Å²) in [6.45, 7) is 5.25. The Labute approximate surface area is 110 Å². The Morgan fingerprint density at radius 1 is 1.53 bits per heavy atom. The summed E-state index contributed by atoms with van der Waals surface area (Å²) in [7, 11) is 2.13. The number of carbonyl (C=O) groups excluding carboxylic acids is 1. The van der Waals surface area contributed by atoms with E-state index < -0.39 is 0 Å². The van der Waals surface area contributed by atoms with Crippen LogP contribution in [0.1, 0.15) is 23.0 Å². The molecule has 1 aromatic rings. The van der Waals surface area contributed by atoms with E-state index in [1.165, 1.54) is 11.3 Å². The molecule has 1 fully saturated rings. The van der Waals surface area contributed by atoms with Crippen LogP contribution in [0.2, 0.25) is 5.15 Å². The number of likely N-dealkylation sites (N-methyl/N-ethyl adjacent to an activating group) is 1. The zero-order chi connectivity index (χ0) is 12.4. The third-order valence-corrected chi connectivity index (χ3v) is 4.42. The highest BCUT2D eigenvalue weighted by molar-refractivity contribution is 7.17. The molecule has 1 aliphatic rings. The Balaban J connectivity index is 2.22. The maximum atomic E-state index is 10.8. The third kappa shape index (κ3) is 2.78. The van der Waals surface area contributed by atoms with E-state index in [0.717, 1.165) is 37.5 Å². The largest absolute Gasteiger partial charge is 0.344 e. The molecule has 6 heteroatoms. The first kappa shape index (κ1) is 12.8. The van der Waals surface area contributed by atoms with Gasteiger partial charge in [-0.1, -0.05) is 22.9 Å². The van der Waals surface area contributed by atoms with Crippen molar-refractivity contribution in [2.24, 2.45) is 0 Å². The molecule has 4 nitrogen and oxygen atoms in total. The zero-order valence-electron chi connectivity index (χ0n) is 10.0. The minimum absolute atomic E-state index is 0.324. The summed E-state index contributed by atoms with van der Waals surface area (Å²) in [6, 6.07) is 0.393. The van der Waals surface area contributed by atoms with Gasteiger partial charge in [-0.2, -0.15) is 0 Å². The van der Waals surface area contributed by atoms with E-state index in [1.807, 2.05) is 0 Å². The van der Waals surface area contributed by atoms with E-state index >= 15 is 0 Å². The highest BCUT2D eigenvalue weighted by Crippen LogP contribution is 2.30. The molecule has 0 spiro atoms. The van der Waals surface area contributed by atoms with Gasteiger partial charge in [-0.05, 0) is 26.9 Å². The molecule has 1 atom stereocenters. The highest BCUT2D eigenvalue weighted by Gasteiger charge is 2.23. The summed E-state index contributed by atoms with van der Waals surface area (Å²) in [6.07, 6.45) is 1.88. The topological polar surface area (TPSA) is 36.4 Å². The lowest BCUT2D eigenvalue weighted by atomic mass is 10.3. The summed E-state index contributed by atoms with van der Waals surface area (Å²) in [5.41, 5.74) is 0. The maximum Gasteiger partial charge on any atom is 0.187 e. The van der Waals surface area contributed by atoms with Crippen LogP contribution in [0, 0.1) is 0 Å². The molecule has 2 rings (SSSR count). The molecule has 17 heavy (non-hydrogen) atoms. The van der Waals surface area contributed by atoms with Crippen LogP contribution in [-0.2, 0) is 0 Å². The molecular weight excluding hydrogens is 258 g/mol. The average Bonchev–Trinajstić information content (AvgIpc) is 2.56. The summed E-state index contributed by atoms with van der Waals surface area (Å²) in [5, 5.41) is 1.18. The molecule has 1 unspecified atom stereocenters. The van der Waals surface area contributed by atoms with Crippen LogP contribution in [0.4, 0.5) is 5.13 Å². The molecule has 0 saturated carbocycles. The van der Waals surface area contributed by atoms with Crippen LogP contribution >= 0.6 is 22.9 Å². The highest BCUT2D eigenvalue weighted by atomic mass is 35.5. The lowest BCUT2D eigenvalue weighted by molar-refractivity contribution is 0.112. The number of halogens is 1. The molecule has 0 radical (unpaired) electrons. The first-order valence-corrected chi connectivity index (χ1v) is 6.88. The average molecular weight is 274 g/mol. The Morgan fingerprint density at radius 2 is 2.29 bits per heavy atom. The number of rotatable bonds is 2. The Kier molecular flexibility index (Phi) is 4.01. The lowest BCUT2D eigenvalue weighted by Crippen LogP contribution is -2.37. The van der Waals surface area contributed by atoms with Gasteiger partial charge >= 0.3 is 0 Å². The van der Waals surface area contributed by atoms with Gasteiger partial charge in [-0.15, -0.1) is 0 Å². The van der Waals surface area contributed by atoms with Crippen LogP contribution in [0.3, 0.4) is 0 Å². The minimum Gasteiger partial charge on any atom is -0.344 e. The fraction of sp³-hybridized carbons (Fsp3) is 0.636. The number of hydrogen-bond acceptors (Lipinski definition) is 5. The van der Waals surface area contributed by atoms with Gasteiger partial charge in [0, 0.05) is 19.1 Å². The zero-order valence-corrected chi connectivity index (χ0v) is 11.6. The van der Waals surface area contributed by atoms with Gasteiger partial charge in [0.25, 0.3) is 0 Å². The number of carbonyl (C=O) groups is 1. The predicted molar refractivity (Wildman–Crippen MR) is 71.4 cm³/mol. The van der Waals surface area contributed by atoms with Crippen LogP contribution in [0.5, 0.6) is 0 Å². The quantitative estimate of drug-likeness (QED) is 0.774. The Morgan fingerprint density at radius 3 is 2.94 bits per heavy atom. The second-order valence-corrected chi connectivity index (χ2v) is 5.79. The molecule has 0 amide bonds. The fourth-order valence-electron chi connectivity index (χ4n) is 2.15. The standard InChI is InChI=1S/C11H16ClN3OS/c1-8-6-14(2)4-3-5-15(8)11-13-10(12)9(7-16)17-11/h7-8H,3-6H2,1-2H3. The smallest absolute Gasteiger partial charge is 0.187 e. The summed E-state index contributed by atoms with van der Waals surface area (Å²) < 4.78 is 0. The van der Waals surface area contributed by atoms with Crippen molar-refractivity contribution >= 4 is 34.4 Å². The number of aldehydes is 1. The molecule has 0 aliphatic carbocycles. The predicted octanol–water partition coefficient (Wildman–Crippen LogP) is 2.14. The Hall–Kier alpha value is -0.650. The number of aromatic nitrogens is 1. The van der Waals surface area contributed by atoms with Crippen molar-refractivity contribution < 1.29 is 4.79 Å². The third-order valence-electron chi connectivity index (χ3n) is 3.00. The van der Waals surface area contributed by atoms with Gasteiger partial charge in [0.2, 0.25) is 0 Å². The van der Waals surface area contributed by atoms with Crippen LogP contribution in [0.25, 0.3) is 0 Å². The van der Waals surface area contributed by atoms with Gasteiger partial charge < -0.3 is 9.80 Å². The monoisotopic (exact) mass is 273 g/mol. The normalized spacial score (nSPS) is 22.5. The molecule has 0 bridgehead atoms. The Bertz CT molecular complexity index is 409. The van der Waals surface area contributed by atoms with Gasteiger partial charge in [0.05, 0.1) is 0 Å². The van der Waals surface area contributed by atoms with Crippen molar-refractivity contribution in [1.29, 1.82) is 0 Å². The first-order valence-electron chi connectivity index (χ1n) is 5.68. The fourth-order valence-corrected chi connectivity index (χ4v) is 3.34. The first-order chi connectivity index (χ1) is 8.11. The van der Waals surface area contributed by atoms with Crippen LogP contribution in [0.15, 0.2) is 0 Å². The molecule has 1 aromatic heterocycles. The maximum absolute atomic E-state index is 10.8. The van der Waals surface area contributed by atoms with Crippen LogP contribution < -0.4 is 4.90 Å². The van der Waals surface area contributed by atoms with Gasteiger partial charge in [0.1, 0.15) is 4.88 Å². The molecule has 1 aliphatic heterocycles. The SMILES string of the molecule is CC1CN(C)CCCN1c1nc(Cl)c(C=O)s1. The van der Waals surface area contributed by atoms with Crippen molar-refractivity contribution in [3.63, 3.8) is 0 Å². The van der Waals surface area contributed by atoms with Crippen molar-refractivity contribution in [2.45, 2.75) is 19.4 Å². The number of thiazole rings is 1. The molecule has 0 aromatic carbocycles. The van der Waals surface area contributed by atoms with Gasteiger partial charge in [-0.3, -0.25) is 4.79 Å². The van der Waals surface area contributed by atoms with E-state index in [1.54, 1.807) is 0 Å². The lowest BCUT2D eigenvalue weighted by Gasteiger charge is -2.27. The molecule has 2 heterocycles. The van der Waals surface area contributed by atoms with Crippen LogP contribution in [-0.4, -0.2) is 48.9 Å². The van der Waals surface area contributed by atoms with E-state index in [-0.39, 0.29) is 0 Å². The van der Waals surface area contributed by atoms with Crippen molar-refractivity contribution in [3.05, 3.63) is 10.0 Å². The van der Waals surface area contributed by atoms with Crippen molar-refractivity contribution in [2.75, 3.05) is 31.6 Å². The van der Waals surface area contributed by atoms with Gasteiger partial charge in [-0.25, -0.2) is 4.98 Å². The van der Waals surface area contributed by atoms with E-state index in [4.69, 9.17) is 11.6 Å². The van der Waals surface area contributed by atoms with Gasteiger partial charge in [0.15, 0.2) is 16.6 Å². The molecule has 0 N–H and O–H groups in total. The second-order valence-electron chi connectivity index (χ2n) is 4.43. The number of nitrogens with zero attached hydrogens (tertiary/aromatic N) is 3. The molecule has 94 valence electrons. The van der Waals surface area contributed by atoms with E-state index in [2.05, 4.69) is 28.8 Å². The number of anilines is 1. The summed E-state index contributed by atoms with van der Waals surface area (Å²) in [4.78, 5) is 20.1. The van der Waals surface area contributed by atoms with Crippen molar-refractivity contribution in [1.82, 2.24) is 9.88 Å². The molecular formula is C11H16ClN3OS. The van der Waals surface area contributed by atoms with E-state index in [0.29, 0.717) is 16.1 Å². The molecule has 1 saturated heterocycles.